The van der Waals surface area contributed by atoms with Crippen molar-refractivity contribution in [3.63, 3.8) is 0 Å². The van der Waals surface area contributed by atoms with Crippen LogP contribution in [0.2, 0.25) is 20.1 Å². The lowest BCUT2D eigenvalue weighted by Gasteiger charge is -2.06. The summed E-state index contributed by atoms with van der Waals surface area (Å²) in [4.78, 5) is 24.3. The Bertz CT molecular complexity index is 1030. The van der Waals surface area contributed by atoms with Crippen LogP contribution in [-0.2, 0) is 9.59 Å². The molecule has 2 amide bonds. The van der Waals surface area contributed by atoms with E-state index in [1.807, 2.05) is 0 Å². The fourth-order valence-electron chi connectivity index (χ4n) is 2.13. The molecule has 31 heavy (non-hydrogen) atoms. The Kier molecular flexibility index (Phi) is 9.15. The van der Waals surface area contributed by atoms with E-state index in [4.69, 9.17) is 46.4 Å². The largest absolute Gasteiger partial charge is 0.324 e. The number of nitrogens with one attached hydrogen (secondary N) is 2. The molecule has 0 saturated carbocycles. The second kappa shape index (κ2) is 11.6. The van der Waals surface area contributed by atoms with E-state index in [0.717, 1.165) is 0 Å². The number of nitrogens with zero attached hydrogens (tertiary/aromatic N) is 2. The standard InChI is InChI=1S/C18H12Cl4N4O2S3/c19-9-1-3-11(21)13(5-9)23-15(27)7-29-17-25-26-18(31-17)30-8-16(28)24-14-6-10(20)2-4-12(14)22/h1-6H,7-8H2,(H,23,27)(H,24,28). The summed E-state index contributed by atoms with van der Waals surface area (Å²) in [5.41, 5.74) is 0.887. The van der Waals surface area contributed by atoms with Crippen molar-refractivity contribution in [2.24, 2.45) is 0 Å². The lowest BCUT2D eigenvalue weighted by molar-refractivity contribution is -0.114. The summed E-state index contributed by atoms with van der Waals surface area (Å²) in [5.74, 6) is -0.265. The van der Waals surface area contributed by atoms with Crippen LogP contribution in [0.4, 0.5) is 11.4 Å². The fourth-order valence-corrected chi connectivity index (χ4v) is 5.42. The van der Waals surface area contributed by atoms with E-state index >= 15 is 0 Å². The minimum absolute atomic E-state index is 0.121. The lowest BCUT2D eigenvalue weighted by atomic mass is 10.3. The minimum atomic E-state index is -0.253. The average Bonchev–Trinajstić information content (AvgIpc) is 3.18. The molecule has 0 spiro atoms. The molecule has 2 N–H and O–H groups in total. The maximum Gasteiger partial charge on any atom is 0.234 e. The first-order valence-electron chi connectivity index (χ1n) is 8.39. The van der Waals surface area contributed by atoms with Crippen LogP contribution in [0.15, 0.2) is 45.1 Å². The Hall–Kier alpha value is -1.20. The normalized spacial score (nSPS) is 10.7. The van der Waals surface area contributed by atoms with E-state index in [-0.39, 0.29) is 23.3 Å². The summed E-state index contributed by atoms with van der Waals surface area (Å²) in [5, 5.41) is 15.2. The number of carbonyl (C=O) groups is 2. The van der Waals surface area contributed by atoms with E-state index in [0.29, 0.717) is 40.1 Å². The van der Waals surface area contributed by atoms with Gasteiger partial charge >= 0.3 is 0 Å². The molecule has 13 heteroatoms. The molecule has 2 aromatic carbocycles. The molecule has 3 rings (SSSR count). The zero-order chi connectivity index (χ0) is 22.4. The quantitative estimate of drug-likeness (QED) is 0.305. The van der Waals surface area contributed by atoms with Crippen LogP contribution in [0.3, 0.4) is 0 Å². The first-order valence-corrected chi connectivity index (χ1v) is 12.7. The van der Waals surface area contributed by atoms with E-state index in [1.165, 1.54) is 34.9 Å². The molecule has 0 saturated heterocycles. The van der Waals surface area contributed by atoms with Crippen LogP contribution in [-0.4, -0.2) is 33.5 Å². The molecule has 6 nitrogen and oxygen atoms in total. The van der Waals surface area contributed by atoms with Crippen LogP contribution in [0.25, 0.3) is 0 Å². The number of carbonyl (C=O) groups excluding carboxylic acids is 2. The maximum absolute atomic E-state index is 12.1. The van der Waals surface area contributed by atoms with Gasteiger partial charge in [-0.15, -0.1) is 10.2 Å². The Morgan fingerprint density at radius 2 is 1.19 bits per heavy atom. The van der Waals surface area contributed by atoms with Crippen molar-refractivity contribution < 1.29 is 9.59 Å². The second-order valence-corrected chi connectivity index (χ2v) is 10.9. The molecular weight excluding hydrogens is 542 g/mol. The van der Waals surface area contributed by atoms with Gasteiger partial charge in [-0.1, -0.05) is 81.3 Å². The first-order chi connectivity index (χ1) is 14.8. The van der Waals surface area contributed by atoms with Gasteiger partial charge in [0.2, 0.25) is 11.8 Å². The monoisotopic (exact) mass is 552 g/mol. The lowest BCUT2D eigenvalue weighted by Crippen LogP contribution is -2.14. The fraction of sp³-hybridized carbons (Fsp3) is 0.111. The molecule has 0 fully saturated rings. The number of thioether (sulfide) groups is 2. The summed E-state index contributed by atoms with van der Waals surface area (Å²) in [6.45, 7) is 0. The maximum atomic E-state index is 12.1. The van der Waals surface area contributed by atoms with Crippen LogP contribution < -0.4 is 10.6 Å². The molecule has 0 atom stereocenters. The molecule has 0 aliphatic rings. The molecule has 1 heterocycles. The van der Waals surface area contributed by atoms with Crippen molar-refractivity contribution in [2.45, 2.75) is 8.68 Å². The molecule has 0 unspecified atom stereocenters. The SMILES string of the molecule is O=C(CSc1nnc(SCC(=O)Nc2cc(Cl)ccc2Cl)s1)Nc1cc(Cl)ccc1Cl. The Morgan fingerprint density at radius 3 is 1.61 bits per heavy atom. The highest BCUT2D eigenvalue weighted by Crippen LogP contribution is 2.30. The van der Waals surface area contributed by atoms with Gasteiger partial charge in [0.05, 0.1) is 32.9 Å². The van der Waals surface area contributed by atoms with Gasteiger partial charge < -0.3 is 10.6 Å². The van der Waals surface area contributed by atoms with Gasteiger partial charge in [0.25, 0.3) is 0 Å². The van der Waals surface area contributed by atoms with E-state index in [2.05, 4.69) is 20.8 Å². The van der Waals surface area contributed by atoms with Crippen LogP contribution in [0.5, 0.6) is 0 Å². The highest BCUT2D eigenvalue weighted by molar-refractivity contribution is 8.03. The number of hydrogen-bond acceptors (Lipinski definition) is 7. The van der Waals surface area contributed by atoms with Crippen LogP contribution >= 0.6 is 81.3 Å². The molecule has 3 aromatic rings. The number of aromatic nitrogens is 2. The molecule has 0 bridgehead atoms. The summed E-state index contributed by atoms with van der Waals surface area (Å²) in [6, 6.07) is 9.65. The summed E-state index contributed by atoms with van der Waals surface area (Å²) in [7, 11) is 0. The number of anilines is 2. The minimum Gasteiger partial charge on any atom is -0.324 e. The van der Waals surface area contributed by atoms with Gasteiger partial charge in [0, 0.05) is 10.0 Å². The second-order valence-electron chi connectivity index (χ2n) is 5.76. The van der Waals surface area contributed by atoms with E-state index in [1.54, 1.807) is 36.4 Å². The van der Waals surface area contributed by atoms with Crippen molar-refractivity contribution in [1.29, 1.82) is 0 Å². The van der Waals surface area contributed by atoms with Gasteiger partial charge in [-0.2, -0.15) is 0 Å². The van der Waals surface area contributed by atoms with Crippen molar-refractivity contribution in [1.82, 2.24) is 10.2 Å². The van der Waals surface area contributed by atoms with Crippen molar-refractivity contribution in [2.75, 3.05) is 22.1 Å². The molecule has 162 valence electrons. The highest BCUT2D eigenvalue weighted by Gasteiger charge is 2.13. The number of rotatable bonds is 8. The average molecular weight is 554 g/mol. The predicted octanol–water partition coefficient (Wildman–Crippen LogP) is 6.61. The zero-order valence-electron chi connectivity index (χ0n) is 15.3. The van der Waals surface area contributed by atoms with Gasteiger partial charge in [0.15, 0.2) is 8.68 Å². The highest BCUT2D eigenvalue weighted by atomic mass is 35.5. The molecule has 0 aliphatic carbocycles. The van der Waals surface area contributed by atoms with Crippen LogP contribution in [0, 0.1) is 0 Å². The summed E-state index contributed by atoms with van der Waals surface area (Å²) < 4.78 is 1.21. The third-order valence-corrected chi connectivity index (χ3v) is 7.77. The Labute approximate surface area is 210 Å². The van der Waals surface area contributed by atoms with Crippen molar-refractivity contribution in [3.05, 3.63) is 56.5 Å². The first kappa shape index (κ1) is 24.4. The summed E-state index contributed by atoms with van der Waals surface area (Å²) >= 11 is 27.7. The smallest absolute Gasteiger partial charge is 0.234 e. The third kappa shape index (κ3) is 7.71. The number of halogens is 4. The zero-order valence-corrected chi connectivity index (χ0v) is 20.8. The topological polar surface area (TPSA) is 84.0 Å². The van der Waals surface area contributed by atoms with Gasteiger partial charge in [-0.25, -0.2) is 0 Å². The summed E-state index contributed by atoms with van der Waals surface area (Å²) in [6.07, 6.45) is 0. The Morgan fingerprint density at radius 1 is 0.774 bits per heavy atom. The molecule has 1 aromatic heterocycles. The number of amides is 2. The predicted molar refractivity (Wildman–Crippen MR) is 132 cm³/mol. The molecule has 0 radical (unpaired) electrons. The van der Waals surface area contributed by atoms with E-state index < -0.39 is 0 Å². The number of benzene rings is 2. The van der Waals surface area contributed by atoms with Gasteiger partial charge in [-0.3, -0.25) is 9.59 Å². The molecular formula is C18H12Cl4N4O2S3. The third-order valence-electron chi connectivity index (χ3n) is 3.45. The van der Waals surface area contributed by atoms with Gasteiger partial charge in [0.1, 0.15) is 0 Å². The van der Waals surface area contributed by atoms with Crippen molar-refractivity contribution >= 4 is 104 Å². The van der Waals surface area contributed by atoms with Crippen LogP contribution in [0.1, 0.15) is 0 Å². The molecule has 0 aliphatic heterocycles. The van der Waals surface area contributed by atoms with Gasteiger partial charge in [-0.05, 0) is 36.4 Å². The Balaban J connectivity index is 1.45. The van der Waals surface area contributed by atoms with E-state index in [9.17, 15) is 9.59 Å². The number of hydrogen-bond donors (Lipinski definition) is 2. The van der Waals surface area contributed by atoms with Crippen molar-refractivity contribution in [3.8, 4) is 0 Å².